The lowest BCUT2D eigenvalue weighted by Gasteiger charge is -2.24. The number of nitrogens with two attached hydrogens (primary N) is 1. The number of H-pyrrole nitrogens is 1. The van der Waals surface area contributed by atoms with Gasteiger partial charge in [0.2, 0.25) is 11.8 Å². The first-order chi connectivity index (χ1) is 15.1. The molecule has 2 rings (SSSR count). The number of carboxylic acid groups (broad SMARTS) is 2. The molecule has 0 saturated heterocycles. The van der Waals surface area contributed by atoms with Gasteiger partial charge in [-0.25, -0.2) is 4.79 Å². The number of hydrogen-bond donors (Lipinski definition) is 6. The van der Waals surface area contributed by atoms with Gasteiger partial charge in [-0.15, -0.1) is 0 Å². The SMILES string of the molecule is CC(C)C[C@H](NC(=O)[C@@H](N)Cc1c[nH]c2ccccc12)C(=O)N[C@@H](CCC(=O)O)C(=O)O. The zero-order chi connectivity index (χ0) is 23.8. The van der Waals surface area contributed by atoms with Crippen molar-refractivity contribution < 1.29 is 29.4 Å². The second kappa shape index (κ2) is 11.3. The fourth-order valence-corrected chi connectivity index (χ4v) is 3.41. The molecule has 0 fully saturated rings. The van der Waals surface area contributed by atoms with E-state index in [1.165, 1.54) is 0 Å². The Morgan fingerprint density at radius 1 is 1.03 bits per heavy atom. The molecule has 0 radical (unpaired) electrons. The Balaban J connectivity index is 2.05. The number of para-hydroxylation sites is 1. The number of carbonyl (C=O) groups excluding carboxylic acids is 2. The molecule has 0 saturated carbocycles. The molecular formula is C22H30N4O6. The topological polar surface area (TPSA) is 175 Å². The van der Waals surface area contributed by atoms with Crippen molar-refractivity contribution in [2.75, 3.05) is 0 Å². The summed E-state index contributed by atoms with van der Waals surface area (Å²) < 4.78 is 0. The Labute approximate surface area is 185 Å². The average molecular weight is 447 g/mol. The van der Waals surface area contributed by atoms with Gasteiger partial charge in [0.15, 0.2) is 0 Å². The van der Waals surface area contributed by atoms with Gasteiger partial charge in [-0.05, 0) is 36.8 Å². The first-order valence-corrected chi connectivity index (χ1v) is 10.4. The van der Waals surface area contributed by atoms with Gasteiger partial charge in [0.05, 0.1) is 6.04 Å². The molecule has 0 aliphatic heterocycles. The molecule has 10 heteroatoms. The van der Waals surface area contributed by atoms with Crippen LogP contribution in [0.15, 0.2) is 30.5 Å². The number of hydrogen-bond acceptors (Lipinski definition) is 5. The Hall–Kier alpha value is -3.40. The molecule has 0 aliphatic rings. The van der Waals surface area contributed by atoms with E-state index in [0.717, 1.165) is 16.5 Å². The van der Waals surface area contributed by atoms with Gasteiger partial charge >= 0.3 is 11.9 Å². The van der Waals surface area contributed by atoms with Crippen LogP contribution in [-0.2, 0) is 25.6 Å². The van der Waals surface area contributed by atoms with Crippen molar-refractivity contribution in [1.29, 1.82) is 0 Å². The fourth-order valence-electron chi connectivity index (χ4n) is 3.41. The molecule has 10 nitrogen and oxygen atoms in total. The molecule has 7 N–H and O–H groups in total. The molecule has 174 valence electrons. The summed E-state index contributed by atoms with van der Waals surface area (Å²) in [6, 6.07) is 4.33. The highest BCUT2D eigenvalue weighted by molar-refractivity contribution is 5.92. The number of aromatic nitrogens is 1. The number of nitrogens with one attached hydrogen (secondary N) is 3. The summed E-state index contributed by atoms with van der Waals surface area (Å²) in [6.07, 6.45) is 1.63. The third-order valence-corrected chi connectivity index (χ3v) is 5.05. The molecule has 0 unspecified atom stereocenters. The van der Waals surface area contributed by atoms with Crippen molar-refractivity contribution in [3.8, 4) is 0 Å². The van der Waals surface area contributed by atoms with Crippen LogP contribution in [0, 0.1) is 5.92 Å². The van der Waals surface area contributed by atoms with Gasteiger partial charge in [0.1, 0.15) is 12.1 Å². The van der Waals surface area contributed by atoms with Crippen molar-refractivity contribution in [1.82, 2.24) is 15.6 Å². The summed E-state index contributed by atoms with van der Waals surface area (Å²) >= 11 is 0. The average Bonchev–Trinajstić information content (AvgIpc) is 3.12. The van der Waals surface area contributed by atoms with Crippen LogP contribution in [0.5, 0.6) is 0 Å². The monoisotopic (exact) mass is 446 g/mol. The van der Waals surface area contributed by atoms with E-state index < -0.39 is 48.3 Å². The van der Waals surface area contributed by atoms with Crippen molar-refractivity contribution in [2.24, 2.45) is 11.7 Å². The highest BCUT2D eigenvalue weighted by Gasteiger charge is 2.29. The minimum absolute atomic E-state index is 0.0261. The zero-order valence-corrected chi connectivity index (χ0v) is 18.1. The third kappa shape index (κ3) is 7.09. The number of aromatic amines is 1. The molecular weight excluding hydrogens is 416 g/mol. The summed E-state index contributed by atoms with van der Waals surface area (Å²) in [5.74, 6) is -3.71. The second-order valence-electron chi connectivity index (χ2n) is 8.19. The van der Waals surface area contributed by atoms with Crippen molar-refractivity contribution in [3.63, 3.8) is 0 Å². The Kier molecular flexibility index (Phi) is 8.77. The molecule has 1 heterocycles. The molecule has 32 heavy (non-hydrogen) atoms. The minimum Gasteiger partial charge on any atom is -0.481 e. The molecule has 2 aromatic rings. The lowest BCUT2D eigenvalue weighted by molar-refractivity contribution is -0.143. The van der Waals surface area contributed by atoms with Gasteiger partial charge in [0, 0.05) is 23.5 Å². The maximum Gasteiger partial charge on any atom is 0.326 e. The summed E-state index contributed by atoms with van der Waals surface area (Å²) in [5.41, 5.74) is 7.88. The second-order valence-corrected chi connectivity index (χ2v) is 8.19. The maximum atomic E-state index is 12.7. The minimum atomic E-state index is -1.37. The van der Waals surface area contributed by atoms with E-state index >= 15 is 0 Å². The lowest BCUT2D eigenvalue weighted by atomic mass is 10.0. The van der Waals surface area contributed by atoms with E-state index in [9.17, 15) is 24.3 Å². The number of rotatable bonds is 12. The number of amides is 2. The van der Waals surface area contributed by atoms with Gasteiger partial charge in [-0.1, -0.05) is 32.0 Å². The Morgan fingerprint density at radius 3 is 2.31 bits per heavy atom. The van der Waals surface area contributed by atoms with Crippen LogP contribution in [-0.4, -0.2) is 57.1 Å². The van der Waals surface area contributed by atoms with Crippen LogP contribution in [0.2, 0.25) is 0 Å². The van der Waals surface area contributed by atoms with Gasteiger partial charge in [-0.2, -0.15) is 0 Å². The van der Waals surface area contributed by atoms with Crippen LogP contribution >= 0.6 is 0 Å². The number of carboxylic acids is 2. The van der Waals surface area contributed by atoms with Crippen LogP contribution in [0.1, 0.15) is 38.7 Å². The van der Waals surface area contributed by atoms with Crippen LogP contribution in [0.3, 0.4) is 0 Å². The number of benzene rings is 1. The number of aliphatic carboxylic acids is 2. The zero-order valence-electron chi connectivity index (χ0n) is 18.1. The van der Waals surface area contributed by atoms with E-state index in [0.29, 0.717) is 0 Å². The summed E-state index contributed by atoms with van der Waals surface area (Å²) in [4.78, 5) is 50.7. The Morgan fingerprint density at radius 2 is 1.69 bits per heavy atom. The summed E-state index contributed by atoms with van der Waals surface area (Å²) in [5, 5.41) is 24.0. The van der Waals surface area contributed by atoms with Gasteiger partial charge < -0.3 is 31.6 Å². The molecule has 2 amide bonds. The predicted molar refractivity (Wildman–Crippen MR) is 118 cm³/mol. The first-order valence-electron chi connectivity index (χ1n) is 10.4. The maximum absolute atomic E-state index is 12.7. The van der Waals surface area contributed by atoms with Crippen LogP contribution in [0.4, 0.5) is 0 Å². The smallest absolute Gasteiger partial charge is 0.326 e. The van der Waals surface area contributed by atoms with Crippen LogP contribution in [0.25, 0.3) is 10.9 Å². The van der Waals surface area contributed by atoms with E-state index in [1.54, 1.807) is 6.20 Å². The summed E-state index contributed by atoms with van der Waals surface area (Å²) in [7, 11) is 0. The highest BCUT2D eigenvalue weighted by Crippen LogP contribution is 2.19. The molecule has 0 spiro atoms. The quantitative estimate of drug-likeness (QED) is 0.282. The van der Waals surface area contributed by atoms with E-state index in [-0.39, 0.29) is 25.2 Å². The predicted octanol–water partition coefficient (Wildman–Crippen LogP) is 1.00. The standard InChI is InChI=1S/C22H30N4O6/c1-12(2)9-18(21(30)25-17(22(31)32)7-8-19(27)28)26-20(29)15(23)10-13-11-24-16-6-4-3-5-14(13)16/h3-6,11-12,15,17-18,24H,7-10,23H2,1-2H3,(H,25,30)(H,26,29)(H,27,28)(H,31,32)/t15-,17-,18-/m0/s1. The fraction of sp³-hybridized carbons (Fsp3) is 0.455. The Bertz CT molecular complexity index is 970. The van der Waals surface area contributed by atoms with Crippen molar-refractivity contribution in [3.05, 3.63) is 36.0 Å². The number of carbonyl (C=O) groups is 4. The summed E-state index contributed by atoms with van der Waals surface area (Å²) in [6.45, 7) is 3.72. The first kappa shape index (κ1) is 24.9. The highest BCUT2D eigenvalue weighted by atomic mass is 16.4. The van der Waals surface area contributed by atoms with E-state index in [4.69, 9.17) is 10.8 Å². The van der Waals surface area contributed by atoms with Crippen molar-refractivity contribution >= 4 is 34.7 Å². The molecule has 1 aromatic heterocycles. The lowest BCUT2D eigenvalue weighted by Crippen LogP contribution is -2.55. The largest absolute Gasteiger partial charge is 0.481 e. The molecule has 3 atom stereocenters. The van der Waals surface area contributed by atoms with E-state index in [1.807, 2.05) is 38.1 Å². The number of fused-ring (bicyclic) bond motifs is 1. The van der Waals surface area contributed by atoms with Gasteiger partial charge in [-0.3, -0.25) is 14.4 Å². The normalized spacial score (nSPS) is 14.0. The van der Waals surface area contributed by atoms with Crippen LogP contribution < -0.4 is 16.4 Å². The molecule has 1 aromatic carbocycles. The molecule has 0 bridgehead atoms. The van der Waals surface area contributed by atoms with Crippen molar-refractivity contribution in [2.45, 2.75) is 57.7 Å². The third-order valence-electron chi connectivity index (χ3n) is 5.05. The van der Waals surface area contributed by atoms with Gasteiger partial charge in [0.25, 0.3) is 0 Å². The van der Waals surface area contributed by atoms with E-state index in [2.05, 4.69) is 15.6 Å². The molecule has 0 aliphatic carbocycles.